The number of benzene rings is 1. The Morgan fingerprint density at radius 3 is 2.90 bits per heavy atom. The standard InChI is InChI=1S/C16H21ClN2OS/c1-3-14(18)9-12-8-13(17)4-5-15(12)20-7-6-16-11(2)19-10-21-16/h4-5,8,10,14H,3,6-7,9,18H2,1-2H3. The maximum atomic E-state index is 6.08. The van der Waals surface area contributed by atoms with Crippen LogP contribution in [-0.4, -0.2) is 17.6 Å². The molecule has 1 aromatic heterocycles. The molecule has 0 aliphatic rings. The van der Waals surface area contributed by atoms with Crippen molar-refractivity contribution in [3.8, 4) is 5.75 Å². The fraction of sp³-hybridized carbons (Fsp3) is 0.438. The second-order valence-electron chi connectivity index (χ2n) is 5.08. The van der Waals surface area contributed by atoms with Crippen molar-refractivity contribution in [2.45, 2.75) is 39.2 Å². The lowest BCUT2D eigenvalue weighted by Crippen LogP contribution is -2.21. The van der Waals surface area contributed by atoms with Gasteiger partial charge in [0.25, 0.3) is 0 Å². The van der Waals surface area contributed by atoms with E-state index in [1.807, 2.05) is 30.6 Å². The van der Waals surface area contributed by atoms with Gasteiger partial charge in [0.15, 0.2) is 0 Å². The molecule has 1 aromatic carbocycles. The molecule has 0 saturated carbocycles. The summed E-state index contributed by atoms with van der Waals surface area (Å²) in [6.07, 6.45) is 2.59. The number of halogens is 1. The van der Waals surface area contributed by atoms with Crippen LogP contribution in [0.4, 0.5) is 0 Å². The molecule has 2 aromatic rings. The van der Waals surface area contributed by atoms with Gasteiger partial charge >= 0.3 is 0 Å². The monoisotopic (exact) mass is 324 g/mol. The maximum Gasteiger partial charge on any atom is 0.122 e. The molecule has 3 nitrogen and oxygen atoms in total. The summed E-state index contributed by atoms with van der Waals surface area (Å²) < 4.78 is 5.93. The van der Waals surface area contributed by atoms with Crippen molar-refractivity contribution in [3.63, 3.8) is 0 Å². The minimum Gasteiger partial charge on any atom is -0.493 e. The second-order valence-corrected chi connectivity index (χ2v) is 6.46. The molecule has 1 atom stereocenters. The Labute approximate surface area is 135 Å². The van der Waals surface area contributed by atoms with Crippen LogP contribution in [0.3, 0.4) is 0 Å². The minimum atomic E-state index is 0.134. The molecule has 0 bridgehead atoms. The number of ether oxygens (including phenoxy) is 1. The van der Waals surface area contributed by atoms with Gasteiger partial charge in [0.1, 0.15) is 5.75 Å². The number of nitrogens with zero attached hydrogens (tertiary/aromatic N) is 1. The Morgan fingerprint density at radius 2 is 2.24 bits per heavy atom. The van der Waals surface area contributed by atoms with E-state index >= 15 is 0 Å². The van der Waals surface area contributed by atoms with Gasteiger partial charge in [-0.3, -0.25) is 0 Å². The molecule has 0 aliphatic heterocycles. The highest BCUT2D eigenvalue weighted by Crippen LogP contribution is 2.25. The maximum absolute atomic E-state index is 6.08. The molecule has 0 saturated heterocycles. The lowest BCUT2D eigenvalue weighted by atomic mass is 10.0. The van der Waals surface area contributed by atoms with Gasteiger partial charge in [0.2, 0.25) is 0 Å². The van der Waals surface area contributed by atoms with Gasteiger partial charge in [0, 0.05) is 22.4 Å². The molecule has 0 amide bonds. The van der Waals surface area contributed by atoms with E-state index in [1.54, 1.807) is 11.3 Å². The largest absolute Gasteiger partial charge is 0.493 e. The third-order valence-electron chi connectivity index (χ3n) is 3.46. The van der Waals surface area contributed by atoms with Crippen molar-refractivity contribution >= 4 is 22.9 Å². The molecular formula is C16H21ClN2OS. The molecule has 0 fully saturated rings. The fourth-order valence-electron chi connectivity index (χ4n) is 2.09. The summed E-state index contributed by atoms with van der Waals surface area (Å²) >= 11 is 7.75. The lowest BCUT2D eigenvalue weighted by molar-refractivity contribution is 0.318. The van der Waals surface area contributed by atoms with E-state index in [0.717, 1.165) is 41.3 Å². The quantitative estimate of drug-likeness (QED) is 0.837. The SMILES string of the molecule is CCC(N)Cc1cc(Cl)ccc1OCCc1scnc1C. The van der Waals surface area contributed by atoms with Crippen LogP contribution in [0, 0.1) is 6.92 Å². The number of hydrogen-bond donors (Lipinski definition) is 1. The van der Waals surface area contributed by atoms with Crippen molar-refractivity contribution in [1.29, 1.82) is 0 Å². The first-order chi connectivity index (χ1) is 10.1. The zero-order valence-electron chi connectivity index (χ0n) is 12.4. The highest BCUT2D eigenvalue weighted by molar-refractivity contribution is 7.09. The number of rotatable bonds is 7. The molecule has 5 heteroatoms. The van der Waals surface area contributed by atoms with Gasteiger partial charge in [-0.1, -0.05) is 18.5 Å². The van der Waals surface area contributed by atoms with Crippen LogP contribution in [0.15, 0.2) is 23.7 Å². The van der Waals surface area contributed by atoms with Crippen molar-refractivity contribution in [2.24, 2.45) is 5.73 Å². The minimum absolute atomic E-state index is 0.134. The summed E-state index contributed by atoms with van der Waals surface area (Å²) in [6.45, 7) is 4.75. The van der Waals surface area contributed by atoms with E-state index < -0.39 is 0 Å². The summed E-state index contributed by atoms with van der Waals surface area (Å²) in [5, 5.41) is 0.721. The van der Waals surface area contributed by atoms with E-state index in [4.69, 9.17) is 22.1 Å². The predicted molar refractivity (Wildman–Crippen MR) is 89.5 cm³/mol. The average molecular weight is 325 g/mol. The topological polar surface area (TPSA) is 48.1 Å². The van der Waals surface area contributed by atoms with Crippen LogP contribution in [0.1, 0.15) is 29.5 Å². The van der Waals surface area contributed by atoms with Crippen LogP contribution in [0.5, 0.6) is 5.75 Å². The summed E-state index contributed by atoms with van der Waals surface area (Å²) in [7, 11) is 0. The van der Waals surface area contributed by atoms with Gasteiger partial charge in [-0.2, -0.15) is 0 Å². The van der Waals surface area contributed by atoms with Crippen molar-refractivity contribution in [1.82, 2.24) is 4.98 Å². The summed E-state index contributed by atoms with van der Waals surface area (Å²) in [5.41, 5.74) is 10.1. The Bertz CT molecular complexity index is 585. The van der Waals surface area contributed by atoms with E-state index in [0.29, 0.717) is 6.61 Å². The Kier molecular flexibility index (Phi) is 6.03. The molecule has 1 unspecified atom stereocenters. The Hall–Kier alpha value is -1.10. The van der Waals surface area contributed by atoms with Crippen LogP contribution in [0.2, 0.25) is 5.02 Å². The number of aryl methyl sites for hydroxylation is 1. The molecule has 1 heterocycles. The zero-order chi connectivity index (χ0) is 15.2. The first-order valence-corrected chi connectivity index (χ1v) is 8.41. The van der Waals surface area contributed by atoms with Crippen LogP contribution in [0.25, 0.3) is 0 Å². The van der Waals surface area contributed by atoms with Gasteiger partial charge in [0.05, 0.1) is 17.8 Å². The Morgan fingerprint density at radius 1 is 1.43 bits per heavy atom. The first-order valence-electron chi connectivity index (χ1n) is 7.16. The van der Waals surface area contributed by atoms with Gasteiger partial charge in [-0.25, -0.2) is 4.98 Å². The van der Waals surface area contributed by atoms with E-state index in [1.165, 1.54) is 4.88 Å². The fourth-order valence-corrected chi connectivity index (χ4v) is 3.05. The first kappa shape index (κ1) is 16.3. The van der Waals surface area contributed by atoms with Crippen LogP contribution in [-0.2, 0) is 12.8 Å². The number of aromatic nitrogens is 1. The number of hydrogen-bond acceptors (Lipinski definition) is 4. The molecular weight excluding hydrogens is 304 g/mol. The van der Waals surface area contributed by atoms with Gasteiger partial charge in [-0.05, 0) is 43.5 Å². The number of thiazole rings is 1. The molecule has 2 N–H and O–H groups in total. The summed E-state index contributed by atoms with van der Waals surface area (Å²) in [6, 6.07) is 5.87. The normalized spacial score (nSPS) is 12.4. The summed E-state index contributed by atoms with van der Waals surface area (Å²) in [5.74, 6) is 0.880. The van der Waals surface area contributed by atoms with Gasteiger partial charge in [-0.15, -0.1) is 11.3 Å². The van der Waals surface area contributed by atoms with Crippen LogP contribution < -0.4 is 10.5 Å². The third-order valence-corrected chi connectivity index (χ3v) is 4.69. The van der Waals surface area contributed by atoms with E-state index in [2.05, 4.69) is 11.9 Å². The van der Waals surface area contributed by atoms with Crippen molar-refractivity contribution < 1.29 is 4.74 Å². The smallest absolute Gasteiger partial charge is 0.122 e. The van der Waals surface area contributed by atoms with Gasteiger partial charge < -0.3 is 10.5 Å². The molecule has 0 spiro atoms. The average Bonchev–Trinajstić information content (AvgIpc) is 2.86. The molecule has 114 valence electrons. The second kappa shape index (κ2) is 7.78. The van der Waals surface area contributed by atoms with Crippen molar-refractivity contribution in [3.05, 3.63) is 44.9 Å². The molecule has 0 aliphatic carbocycles. The lowest BCUT2D eigenvalue weighted by Gasteiger charge is -2.14. The van der Waals surface area contributed by atoms with E-state index in [9.17, 15) is 0 Å². The zero-order valence-corrected chi connectivity index (χ0v) is 14.0. The van der Waals surface area contributed by atoms with E-state index in [-0.39, 0.29) is 6.04 Å². The molecule has 0 radical (unpaired) electrons. The third kappa shape index (κ3) is 4.70. The number of nitrogens with two attached hydrogens (primary N) is 1. The highest BCUT2D eigenvalue weighted by Gasteiger charge is 2.09. The molecule has 21 heavy (non-hydrogen) atoms. The Balaban J connectivity index is 2.00. The van der Waals surface area contributed by atoms with Crippen LogP contribution >= 0.6 is 22.9 Å². The van der Waals surface area contributed by atoms with Crippen molar-refractivity contribution in [2.75, 3.05) is 6.61 Å². The predicted octanol–water partition coefficient (Wildman–Crippen LogP) is 4.01. The molecule has 2 rings (SSSR count). The summed E-state index contributed by atoms with van der Waals surface area (Å²) in [4.78, 5) is 5.52. The highest BCUT2D eigenvalue weighted by atomic mass is 35.5.